The minimum atomic E-state index is -1.10. The van der Waals surface area contributed by atoms with Gasteiger partial charge in [-0.25, -0.2) is 9.59 Å². The lowest BCUT2D eigenvalue weighted by atomic mass is 10.1. The van der Waals surface area contributed by atoms with E-state index in [1.165, 1.54) is 0 Å². The highest BCUT2D eigenvalue weighted by Crippen LogP contribution is 2.15. The zero-order chi connectivity index (χ0) is 15.7. The maximum Gasteiger partial charge on any atom is 0.408 e. The van der Waals surface area contributed by atoms with E-state index in [1.807, 2.05) is 0 Å². The number of carboxylic acids is 1. The molecule has 4 N–H and O–H groups in total. The van der Waals surface area contributed by atoms with Crippen molar-refractivity contribution in [1.29, 1.82) is 0 Å². The average molecular weight is 315 g/mol. The molecule has 1 atom stereocenters. The van der Waals surface area contributed by atoms with Gasteiger partial charge in [0.15, 0.2) is 0 Å². The van der Waals surface area contributed by atoms with Crippen LogP contribution in [0, 0.1) is 0 Å². The minimum absolute atomic E-state index is 0.0132. The second-order valence-electron chi connectivity index (χ2n) is 4.49. The van der Waals surface area contributed by atoms with Gasteiger partial charge >= 0.3 is 12.1 Å². The number of nitrogens with one attached hydrogen (secondary N) is 1. The van der Waals surface area contributed by atoms with Crippen LogP contribution in [0.2, 0.25) is 5.02 Å². The smallest absolute Gasteiger partial charge is 0.408 e. The van der Waals surface area contributed by atoms with E-state index in [1.54, 1.807) is 24.3 Å². The van der Waals surface area contributed by atoms with Gasteiger partial charge in [0.1, 0.15) is 12.6 Å². The SMILES string of the molecule is NCCCC[C@@H](NC(=O)OCc1ccccc1Cl)C(=O)O. The van der Waals surface area contributed by atoms with Crippen molar-refractivity contribution in [2.24, 2.45) is 5.73 Å². The van der Waals surface area contributed by atoms with Crippen LogP contribution in [0.25, 0.3) is 0 Å². The van der Waals surface area contributed by atoms with Crippen molar-refractivity contribution >= 4 is 23.7 Å². The van der Waals surface area contributed by atoms with Crippen molar-refractivity contribution < 1.29 is 19.4 Å². The number of amides is 1. The molecular formula is C14H19ClN2O4. The van der Waals surface area contributed by atoms with E-state index in [9.17, 15) is 9.59 Å². The molecule has 116 valence electrons. The van der Waals surface area contributed by atoms with Crippen molar-refractivity contribution in [3.63, 3.8) is 0 Å². The number of unbranched alkanes of at least 4 members (excludes halogenated alkanes) is 1. The molecule has 1 rings (SSSR count). The van der Waals surface area contributed by atoms with Gasteiger partial charge in [0, 0.05) is 10.6 Å². The largest absolute Gasteiger partial charge is 0.480 e. The molecule has 0 saturated heterocycles. The summed E-state index contributed by atoms with van der Waals surface area (Å²) in [6.45, 7) is 0.476. The van der Waals surface area contributed by atoms with E-state index >= 15 is 0 Å². The highest BCUT2D eigenvalue weighted by atomic mass is 35.5. The molecule has 0 aromatic heterocycles. The Kier molecular flexibility index (Phi) is 7.56. The molecule has 0 heterocycles. The van der Waals surface area contributed by atoms with Gasteiger partial charge in [0.25, 0.3) is 0 Å². The Labute approximate surface area is 128 Å². The summed E-state index contributed by atoms with van der Waals surface area (Å²) >= 11 is 5.93. The molecule has 0 aliphatic rings. The minimum Gasteiger partial charge on any atom is -0.480 e. The van der Waals surface area contributed by atoms with Crippen LogP contribution in [0.1, 0.15) is 24.8 Å². The average Bonchev–Trinajstić information content (AvgIpc) is 2.45. The van der Waals surface area contributed by atoms with Gasteiger partial charge in [-0.1, -0.05) is 29.8 Å². The van der Waals surface area contributed by atoms with Crippen LogP contribution >= 0.6 is 11.6 Å². The van der Waals surface area contributed by atoms with Gasteiger partial charge in [-0.3, -0.25) is 0 Å². The van der Waals surface area contributed by atoms with E-state index < -0.39 is 18.1 Å². The van der Waals surface area contributed by atoms with Crippen LogP contribution in [-0.4, -0.2) is 29.8 Å². The van der Waals surface area contributed by atoms with E-state index in [-0.39, 0.29) is 6.61 Å². The lowest BCUT2D eigenvalue weighted by molar-refractivity contribution is -0.139. The van der Waals surface area contributed by atoms with Crippen molar-refractivity contribution in [2.75, 3.05) is 6.54 Å². The Morgan fingerprint density at radius 1 is 1.33 bits per heavy atom. The quantitative estimate of drug-likeness (QED) is 0.638. The number of aliphatic carboxylic acids is 1. The highest BCUT2D eigenvalue weighted by molar-refractivity contribution is 6.31. The summed E-state index contributed by atoms with van der Waals surface area (Å²) < 4.78 is 4.97. The number of hydrogen-bond acceptors (Lipinski definition) is 4. The fraction of sp³-hybridized carbons (Fsp3) is 0.429. The van der Waals surface area contributed by atoms with Crippen LogP contribution in [0.5, 0.6) is 0 Å². The van der Waals surface area contributed by atoms with E-state index in [0.29, 0.717) is 36.4 Å². The van der Waals surface area contributed by atoms with Crippen LogP contribution < -0.4 is 11.1 Å². The Morgan fingerprint density at radius 2 is 2.05 bits per heavy atom. The maximum atomic E-state index is 11.6. The summed E-state index contributed by atoms with van der Waals surface area (Å²) in [4.78, 5) is 22.6. The summed E-state index contributed by atoms with van der Waals surface area (Å²) in [7, 11) is 0. The second kappa shape index (κ2) is 9.20. The lowest BCUT2D eigenvalue weighted by Crippen LogP contribution is -2.41. The third-order valence-corrected chi connectivity index (χ3v) is 3.22. The summed E-state index contributed by atoms with van der Waals surface area (Å²) in [6.07, 6.45) is 0.863. The monoisotopic (exact) mass is 314 g/mol. The van der Waals surface area contributed by atoms with E-state index in [0.717, 1.165) is 0 Å². The van der Waals surface area contributed by atoms with Gasteiger partial charge in [-0.2, -0.15) is 0 Å². The fourth-order valence-corrected chi connectivity index (χ4v) is 1.88. The van der Waals surface area contributed by atoms with Crippen LogP contribution in [0.3, 0.4) is 0 Å². The standard InChI is InChI=1S/C14H19ClN2O4/c15-11-6-2-1-5-10(11)9-21-14(20)17-12(13(18)19)7-3-4-8-16/h1-2,5-6,12H,3-4,7-9,16H2,(H,17,20)(H,18,19)/t12-/m1/s1. The molecule has 0 saturated carbocycles. The van der Waals surface area contributed by atoms with Crippen molar-refractivity contribution in [2.45, 2.75) is 31.9 Å². The molecule has 0 aliphatic heterocycles. The van der Waals surface area contributed by atoms with Crippen molar-refractivity contribution in [1.82, 2.24) is 5.32 Å². The Morgan fingerprint density at radius 3 is 2.67 bits per heavy atom. The molecule has 1 aromatic rings. The van der Waals surface area contributed by atoms with Crippen LogP contribution in [0.15, 0.2) is 24.3 Å². The summed E-state index contributed by atoms with van der Waals surface area (Å²) in [6, 6.07) is 5.98. The number of ether oxygens (including phenoxy) is 1. The van der Waals surface area contributed by atoms with Crippen molar-refractivity contribution in [3.8, 4) is 0 Å². The molecule has 6 nitrogen and oxygen atoms in total. The number of carbonyl (C=O) groups excluding carboxylic acids is 1. The van der Waals surface area contributed by atoms with Gasteiger partial charge < -0.3 is 20.9 Å². The van der Waals surface area contributed by atoms with Gasteiger partial charge in [-0.05, 0) is 31.9 Å². The molecule has 0 radical (unpaired) electrons. The first-order valence-electron chi connectivity index (χ1n) is 6.64. The zero-order valence-corrected chi connectivity index (χ0v) is 12.3. The normalized spacial score (nSPS) is 11.7. The summed E-state index contributed by atoms with van der Waals surface area (Å²) in [5, 5.41) is 11.8. The van der Waals surface area contributed by atoms with E-state index in [4.69, 9.17) is 27.2 Å². The molecule has 1 amide bonds. The molecule has 0 spiro atoms. The third kappa shape index (κ3) is 6.46. The molecule has 21 heavy (non-hydrogen) atoms. The highest BCUT2D eigenvalue weighted by Gasteiger charge is 2.20. The summed E-state index contributed by atoms with van der Waals surface area (Å²) in [5.41, 5.74) is 6.00. The first-order valence-corrected chi connectivity index (χ1v) is 7.02. The molecule has 7 heteroatoms. The molecular weight excluding hydrogens is 296 g/mol. The first kappa shape index (κ1) is 17.3. The maximum absolute atomic E-state index is 11.6. The number of carbonyl (C=O) groups is 2. The number of nitrogens with two attached hydrogens (primary N) is 1. The predicted octanol–water partition coefficient (Wildman–Crippen LogP) is 2.15. The number of halogens is 1. The number of rotatable bonds is 8. The number of alkyl carbamates (subject to hydrolysis) is 1. The third-order valence-electron chi connectivity index (χ3n) is 2.85. The van der Waals surface area contributed by atoms with Gasteiger partial charge in [0.05, 0.1) is 0 Å². The Bertz CT molecular complexity index is 482. The molecule has 0 bridgehead atoms. The fourth-order valence-electron chi connectivity index (χ4n) is 1.69. The van der Waals surface area contributed by atoms with Crippen LogP contribution in [-0.2, 0) is 16.1 Å². The molecule has 1 aromatic carbocycles. The molecule has 0 unspecified atom stereocenters. The topological polar surface area (TPSA) is 102 Å². The van der Waals surface area contributed by atoms with Crippen molar-refractivity contribution in [3.05, 3.63) is 34.9 Å². The van der Waals surface area contributed by atoms with Gasteiger partial charge in [-0.15, -0.1) is 0 Å². The number of hydrogen-bond donors (Lipinski definition) is 3. The molecule has 0 fully saturated rings. The first-order chi connectivity index (χ1) is 10.0. The second-order valence-corrected chi connectivity index (χ2v) is 4.89. The Hall–Kier alpha value is -1.79. The number of benzene rings is 1. The molecule has 0 aliphatic carbocycles. The Balaban J connectivity index is 2.43. The van der Waals surface area contributed by atoms with E-state index in [2.05, 4.69) is 5.32 Å². The lowest BCUT2D eigenvalue weighted by Gasteiger charge is -2.14. The zero-order valence-electron chi connectivity index (χ0n) is 11.5. The van der Waals surface area contributed by atoms with Crippen LogP contribution in [0.4, 0.5) is 4.79 Å². The number of carboxylic acid groups (broad SMARTS) is 1. The summed E-state index contributed by atoms with van der Waals surface area (Å²) in [5.74, 6) is -1.10. The van der Waals surface area contributed by atoms with Gasteiger partial charge in [0.2, 0.25) is 0 Å². The predicted molar refractivity (Wildman–Crippen MR) is 79.1 cm³/mol.